The second-order valence-corrected chi connectivity index (χ2v) is 8.28. The van der Waals surface area contributed by atoms with Crippen LogP contribution >= 0.6 is 0 Å². The van der Waals surface area contributed by atoms with Crippen molar-refractivity contribution in [1.82, 2.24) is 24.9 Å². The van der Waals surface area contributed by atoms with E-state index in [4.69, 9.17) is 15.0 Å². The molecule has 0 saturated carbocycles. The molecule has 0 N–H and O–H groups in total. The fourth-order valence-electron chi connectivity index (χ4n) is 3.50. The lowest BCUT2D eigenvalue weighted by Gasteiger charge is -2.14. The highest BCUT2D eigenvalue weighted by Gasteiger charge is 2.15. The molecule has 0 aliphatic rings. The van der Waals surface area contributed by atoms with Gasteiger partial charge in [-0.15, -0.1) is 0 Å². The maximum atomic E-state index is 4.94. The minimum Gasteiger partial charge on any atom is -0.265 e. The van der Waals surface area contributed by atoms with Crippen LogP contribution in [-0.4, -0.2) is 24.9 Å². The van der Waals surface area contributed by atoms with Crippen molar-refractivity contribution in [3.05, 3.63) is 90.0 Å². The first-order valence-electron chi connectivity index (χ1n) is 10.7. The summed E-state index contributed by atoms with van der Waals surface area (Å²) < 4.78 is 0. The van der Waals surface area contributed by atoms with E-state index >= 15 is 0 Å². The summed E-state index contributed by atoms with van der Waals surface area (Å²) in [5.41, 5.74) is 6.18. The molecule has 0 saturated heterocycles. The van der Waals surface area contributed by atoms with Crippen molar-refractivity contribution in [2.24, 2.45) is 0 Å². The van der Waals surface area contributed by atoms with Crippen molar-refractivity contribution in [2.75, 3.05) is 0 Å². The number of benzene rings is 1. The molecule has 1 aromatic carbocycles. The van der Waals surface area contributed by atoms with Crippen LogP contribution in [0.5, 0.6) is 0 Å². The molecule has 5 nitrogen and oxygen atoms in total. The van der Waals surface area contributed by atoms with Gasteiger partial charge in [-0.1, -0.05) is 58.0 Å². The van der Waals surface area contributed by atoms with E-state index < -0.39 is 0 Å². The zero-order chi connectivity index (χ0) is 21.8. The number of nitrogens with zero attached hydrogens (tertiary/aromatic N) is 5. The van der Waals surface area contributed by atoms with Crippen LogP contribution in [0.25, 0.3) is 22.5 Å². The number of rotatable bonds is 6. The van der Waals surface area contributed by atoms with E-state index in [1.807, 2.05) is 36.5 Å². The van der Waals surface area contributed by atoms with E-state index in [-0.39, 0.29) is 0 Å². The lowest BCUT2D eigenvalue weighted by Crippen LogP contribution is -2.07. The summed E-state index contributed by atoms with van der Waals surface area (Å²) >= 11 is 0. The molecule has 156 valence electrons. The van der Waals surface area contributed by atoms with Crippen molar-refractivity contribution in [3.63, 3.8) is 0 Å². The van der Waals surface area contributed by atoms with Gasteiger partial charge in [-0.3, -0.25) is 4.98 Å². The Morgan fingerprint density at radius 1 is 0.774 bits per heavy atom. The van der Waals surface area contributed by atoms with E-state index in [9.17, 15) is 0 Å². The van der Waals surface area contributed by atoms with E-state index in [0.29, 0.717) is 24.1 Å². The normalized spacial score (nSPS) is 11.3. The van der Waals surface area contributed by atoms with E-state index in [0.717, 1.165) is 39.6 Å². The monoisotopic (exact) mass is 409 g/mol. The van der Waals surface area contributed by atoms with Gasteiger partial charge in [0.2, 0.25) is 0 Å². The average Bonchev–Trinajstić information content (AvgIpc) is 2.80. The third-order valence-electron chi connectivity index (χ3n) is 5.17. The summed E-state index contributed by atoms with van der Waals surface area (Å²) in [6, 6.07) is 16.3. The molecule has 0 spiro atoms. The Balaban J connectivity index is 1.72. The topological polar surface area (TPSA) is 64.5 Å². The Morgan fingerprint density at radius 2 is 1.52 bits per heavy atom. The molecule has 31 heavy (non-hydrogen) atoms. The average molecular weight is 410 g/mol. The standard InChI is InChI=1S/C26H27N5/c1-17(2)23-14-21(29-26(30-23)20-10-12-27-13-11-20)15-24-28-16-22(25(31-24)18(3)4)19-8-6-5-7-9-19/h5-14,16-18H,15H2,1-4H3. The zero-order valence-electron chi connectivity index (χ0n) is 18.4. The molecule has 4 rings (SSSR count). The highest BCUT2D eigenvalue weighted by molar-refractivity contribution is 5.65. The number of aromatic nitrogens is 5. The Bertz CT molecular complexity index is 1160. The third kappa shape index (κ3) is 4.82. The fourth-order valence-corrected chi connectivity index (χ4v) is 3.50. The SMILES string of the molecule is CC(C)c1cc(Cc2ncc(-c3ccccc3)c(C(C)C)n2)nc(-c2ccncc2)n1. The van der Waals surface area contributed by atoms with Gasteiger partial charge < -0.3 is 0 Å². The van der Waals surface area contributed by atoms with Gasteiger partial charge in [-0.25, -0.2) is 19.9 Å². The fraction of sp³-hybridized carbons (Fsp3) is 0.269. The number of hydrogen-bond donors (Lipinski definition) is 0. The predicted molar refractivity (Wildman–Crippen MR) is 124 cm³/mol. The largest absolute Gasteiger partial charge is 0.265 e. The first kappa shape index (κ1) is 20.8. The maximum absolute atomic E-state index is 4.94. The van der Waals surface area contributed by atoms with Crippen molar-refractivity contribution in [2.45, 2.75) is 46.0 Å². The highest BCUT2D eigenvalue weighted by atomic mass is 14.9. The van der Waals surface area contributed by atoms with Crippen LogP contribution in [0.4, 0.5) is 0 Å². The van der Waals surface area contributed by atoms with Crippen LogP contribution in [0.15, 0.2) is 67.1 Å². The summed E-state index contributed by atoms with van der Waals surface area (Å²) in [5.74, 6) is 2.09. The summed E-state index contributed by atoms with van der Waals surface area (Å²) in [6.07, 6.45) is 6.04. The van der Waals surface area contributed by atoms with Gasteiger partial charge in [0.05, 0.1) is 17.8 Å². The van der Waals surface area contributed by atoms with Crippen LogP contribution in [0.1, 0.15) is 62.4 Å². The van der Waals surface area contributed by atoms with Gasteiger partial charge in [-0.05, 0) is 35.6 Å². The Morgan fingerprint density at radius 3 is 2.19 bits per heavy atom. The second-order valence-electron chi connectivity index (χ2n) is 8.28. The first-order valence-corrected chi connectivity index (χ1v) is 10.7. The zero-order valence-corrected chi connectivity index (χ0v) is 18.4. The first-order chi connectivity index (χ1) is 15.0. The molecule has 0 bridgehead atoms. The van der Waals surface area contributed by atoms with E-state index in [2.05, 4.69) is 55.9 Å². The molecule has 3 aromatic heterocycles. The van der Waals surface area contributed by atoms with Gasteiger partial charge in [0.25, 0.3) is 0 Å². The Kier molecular flexibility index (Phi) is 6.12. The summed E-state index contributed by atoms with van der Waals surface area (Å²) in [5, 5.41) is 0. The number of pyridine rings is 1. The molecule has 0 radical (unpaired) electrons. The molecule has 0 amide bonds. The molecule has 0 fully saturated rings. The van der Waals surface area contributed by atoms with E-state index in [1.54, 1.807) is 12.4 Å². The maximum Gasteiger partial charge on any atom is 0.159 e. The van der Waals surface area contributed by atoms with Gasteiger partial charge in [0.1, 0.15) is 5.82 Å². The van der Waals surface area contributed by atoms with Crippen LogP contribution in [0.2, 0.25) is 0 Å². The molecule has 0 aliphatic carbocycles. The van der Waals surface area contributed by atoms with Crippen LogP contribution in [0, 0.1) is 0 Å². The van der Waals surface area contributed by atoms with Gasteiger partial charge in [-0.2, -0.15) is 0 Å². The Hall–Kier alpha value is -3.47. The molecule has 0 atom stereocenters. The number of hydrogen-bond acceptors (Lipinski definition) is 5. The lowest BCUT2D eigenvalue weighted by molar-refractivity contribution is 0.782. The van der Waals surface area contributed by atoms with E-state index in [1.165, 1.54) is 0 Å². The van der Waals surface area contributed by atoms with Crippen molar-refractivity contribution >= 4 is 0 Å². The van der Waals surface area contributed by atoms with Gasteiger partial charge in [0.15, 0.2) is 5.82 Å². The Labute approximate surface area is 183 Å². The summed E-state index contributed by atoms with van der Waals surface area (Å²) in [4.78, 5) is 23.3. The molecule has 4 aromatic rings. The minimum absolute atomic E-state index is 0.293. The quantitative estimate of drug-likeness (QED) is 0.401. The van der Waals surface area contributed by atoms with Crippen LogP contribution in [-0.2, 0) is 6.42 Å². The van der Waals surface area contributed by atoms with Gasteiger partial charge in [0, 0.05) is 35.4 Å². The highest BCUT2D eigenvalue weighted by Crippen LogP contribution is 2.27. The second kappa shape index (κ2) is 9.13. The van der Waals surface area contributed by atoms with Crippen molar-refractivity contribution in [1.29, 1.82) is 0 Å². The van der Waals surface area contributed by atoms with Crippen molar-refractivity contribution in [3.8, 4) is 22.5 Å². The molecular weight excluding hydrogens is 382 g/mol. The molecule has 5 heteroatoms. The smallest absolute Gasteiger partial charge is 0.159 e. The van der Waals surface area contributed by atoms with Crippen LogP contribution in [0.3, 0.4) is 0 Å². The molecule has 3 heterocycles. The summed E-state index contributed by atoms with van der Waals surface area (Å²) in [6.45, 7) is 8.62. The molecular formula is C26H27N5. The van der Waals surface area contributed by atoms with Crippen LogP contribution < -0.4 is 0 Å². The van der Waals surface area contributed by atoms with Gasteiger partial charge >= 0.3 is 0 Å². The van der Waals surface area contributed by atoms with Crippen molar-refractivity contribution < 1.29 is 0 Å². The molecule has 0 aliphatic heterocycles. The minimum atomic E-state index is 0.293. The third-order valence-corrected chi connectivity index (χ3v) is 5.17. The molecule has 0 unspecified atom stereocenters. The lowest BCUT2D eigenvalue weighted by atomic mass is 9.99. The summed E-state index contributed by atoms with van der Waals surface area (Å²) in [7, 11) is 0. The predicted octanol–water partition coefficient (Wildman–Crippen LogP) is 5.83.